The van der Waals surface area contributed by atoms with Gasteiger partial charge in [0.1, 0.15) is 5.37 Å². The Kier molecular flexibility index (Phi) is 4.15. The van der Waals surface area contributed by atoms with Crippen LogP contribution >= 0.6 is 11.8 Å². The molecule has 0 aliphatic carbocycles. The van der Waals surface area contributed by atoms with Crippen LogP contribution in [0.4, 0.5) is 0 Å². The van der Waals surface area contributed by atoms with Crippen LogP contribution in [0.15, 0.2) is 53.6 Å². The van der Waals surface area contributed by atoms with E-state index in [4.69, 9.17) is 15.2 Å². The van der Waals surface area contributed by atoms with E-state index in [1.54, 1.807) is 26.0 Å². The number of benzene rings is 2. The molecule has 22 heavy (non-hydrogen) atoms. The molecule has 1 atom stereocenters. The van der Waals surface area contributed by atoms with Gasteiger partial charge in [-0.3, -0.25) is 0 Å². The molecule has 1 heterocycles. The second-order valence-corrected chi connectivity index (χ2v) is 6.01. The van der Waals surface area contributed by atoms with E-state index in [9.17, 15) is 0 Å². The summed E-state index contributed by atoms with van der Waals surface area (Å²) >= 11 is 1.60. The molecule has 0 fully saturated rings. The molecule has 5 heteroatoms. The topological polar surface area (TPSA) is 56.5 Å². The smallest absolute Gasteiger partial charge is 0.161 e. The molecule has 0 saturated carbocycles. The van der Waals surface area contributed by atoms with E-state index in [1.165, 1.54) is 0 Å². The molecule has 0 bridgehead atoms. The molecular weight excluding hydrogens is 296 g/mol. The van der Waals surface area contributed by atoms with E-state index in [0.29, 0.717) is 5.75 Å². The van der Waals surface area contributed by atoms with Gasteiger partial charge in [0.05, 0.1) is 24.9 Å². The van der Waals surface area contributed by atoms with Crippen molar-refractivity contribution in [2.75, 3.05) is 14.2 Å². The zero-order chi connectivity index (χ0) is 15.5. The number of thioether (sulfide) groups is 1. The molecule has 0 saturated heterocycles. The maximum atomic E-state index is 6.19. The molecule has 0 amide bonds. The number of ether oxygens (including phenoxy) is 2. The number of hydrogen-bond acceptors (Lipinski definition) is 5. The second-order valence-electron chi connectivity index (χ2n) is 4.86. The van der Waals surface area contributed by atoms with Crippen LogP contribution in [0.1, 0.15) is 16.5 Å². The third kappa shape index (κ3) is 2.72. The summed E-state index contributed by atoms with van der Waals surface area (Å²) in [6.07, 6.45) is 0. The molecule has 0 spiro atoms. The van der Waals surface area contributed by atoms with Gasteiger partial charge in [0.25, 0.3) is 0 Å². The summed E-state index contributed by atoms with van der Waals surface area (Å²) in [4.78, 5) is 0. The van der Waals surface area contributed by atoms with E-state index in [2.05, 4.69) is 5.32 Å². The minimum absolute atomic E-state index is 0.0648. The van der Waals surface area contributed by atoms with Gasteiger partial charge in [-0.1, -0.05) is 48.2 Å². The van der Waals surface area contributed by atoms with Crippen LogP contribution in [-0.4, -0.2) is 14.2 Å². The van der Waals surface area contributed by atoms with Crippen molar-refractivity contribution in [3.63, 3.8) is 0 Å². The zero-order valence-electron chi connectivity index (χ0n) is 12.5. The van der Waals surface area contributed by atoms with Crippen molar-refractivity contribution in [3.8, 4) is 11.5 Å². The lowest BCUT2D eigenvalue weighted by atomic mass is 10.1. The molecule has 1 aliphatic rings. The molecule has 1 aliphatic heterocycles. The molecular formula is C17H18N2O2S. The summed E-state index contributed by atoms with van der Waals surface area (Å²) in [5, 5.41) is 4.35. The molecule has 2 aromatic rings. The quantitative estimate of drug-likeness (QED) is 0.906. The average Bonchev–Trinajstić information content (AvgIpc) is 2.97. The predicted molar refractivity (Wildman–Crippen MR) is 90.6 cm³/mol. The van der Waals surface area contributed by atoms with Crippen molar-refractivity contribution in [2.24, 2.45) is 5.73 Å². The third-order valence-corrected chi connectivity index (χ3v) is 4.62. The molecule has 4 nitrogen and oxygen atoms in total. The third-order valence-electron chi connectivity index (χ3n) is 3.54. The molecule has 114 valence electrons. The van der Waals surface area contributed by atoms with Crippen molar-refractivity contribution < 1.29 is 9.47 Å². The van der Waals surface area contributed by atoms with Crippen LogP contribution in [0.25, 0.3) is 5.70 Å². The summed E-state index contributed by atoms with van der Waals surface area (Å²) in [6.45, 7) is 0. The lowest BCUT2D eigenvalue weighted by molar-refractivity contribution is 0.354. The maximum Gasteiger partial charge on any atom is 0.161 e. The number of nitrogens with one attached hydrogen (secondary N) is 1. The fourth-order valence-electron chi connectivity index (χ4n) is 2.42. The summed E-state index contributed by atoms with van der Waals surface area (Å²) in [7, 11) is 3.27. The van der Waals surface area contributed by atoms with E-state index < -0.39 is 0 Å². The fraction of sp³-hybridized carbons (Fsp3) is 0.176. The molecule has 3 rings (SSSR count). The Morgan fingerprint density at radius 1 is 1.00 bits per heavy atom. The highest BCUT2D eigenvalue weighted by molar-refractivity contribution is 8.03. The number of rotatable bonds is 4. The van der Waals surface area contributed by atoms with Gasteiger partial charge in [-0.25, -0.2) is 0 Å². The van der Waals surface area contributed by atoms with Crippen molar-refractivity contribution in [3.05, 3.63) is 64.7 Å². The predicted octanol–water partition coefficient (Wildman–Crippen LogP) is 3.32. The highest BCUT2D eigenvalue weighted by atomic mass is 32.2. The zero-order valence-corrected chi connectivity index (χ0v) is 13.3. The molecule has 2 aromatic carbocycles. The van der Waals surface area contributed by atoms with E-state index in [-0.39, 0.29) is 5.37 Å². The van der Waals surface area contributed by atoms with Gasteiger partial charge in [-0.15, -0.1) is 0 Å². The highest BCUT2D eigenvalue weighted by Crippen LogP contribution is 2.42. The first-order valence-corrected chi connectivity index (χ1v) is 7.81. The van der Waals surface area contributed by atoms with Gasteiger partial charge in [0, 0.05) is 5.56 Å². The minimum Gasteiger partial charge on any atom is -0.493 e. The van der Waals surface area contributed by atoms with Gasteiger partial charge in [-0.2, -0.15) is 0 Å². The van der Waals surface area contributed by atoms with Crippen molar-refractivity contribution in [2.45, 2.75) is 5.37 Å². The largest absolute Gasteiger partial charge is 0.493 e. The number of nitrogens with two attached hydrogens (primary N) is 1. The normalized spacial score (nSPS) is 17.3. The van der Waals surface area contributed by atoms with Gasteiger partial charge in [0.15, 0.2) is 11.5 Å². The Morgan fingerprint density at radius 2 is 1.73 bits per heavy atom. The van der Waals surface area contributed by atoms with Crippen LogP contribution in [0, 0.1) is 0 Å². The fourth-order valence-corrected chi connectivity index (χ4v) is 3.42. The Labute approximate surface area is 134 Å². The highest BCUT2D eigenvalue weighted by Gasteiger charge is 2.25. The van der Waals surface area contributed by atoms with E-state index in [0.717, 1.165) is 27.6 Å². The standard InChI is InChI=1S/C17H18N2O2S/c1-20-13-9-8-12(10-14(13)21-2)17-19-15(16(18)22-17)11-6-4-3-5-7-11/h3-10,17,19H,18H2,1-2H3. The number of hydrogen-bond donors (Lipinski definition) is 2. The van der Waals surface area contributed by atoms with E-state index in [1.807, 2.05) is 48.5 Å². The summed E-state index contributed by atoms with van der Waals surface area (Å²) in [6, 6.07) is 16.0. The summed E-state index contributed by atoms with van der Waals surface area (Å²) in [5.41, 5.74) is 9.35. The lowest BCUT2D eigenvalue weighted by Gasteiger charge is -2.15. The maximum absolute atomic E-state index is 6.19. The first-order chi connectivity index (χ1) is 10.7. The van der Waals surface area contributed by atoms with Gasteiger partial charge < -0.3 is 20.5 Å². The SMILES string of the molecule is COc1ccc(C2NC(c3ccccc3)=C(N)S2)cc1OC. The van der Waals surface area contributed by atoms with Crippen molar-refractivity contribution in [1.29, 1.82) is 0 Å². The van der Waals surface area contributed by atoms with Crippen molar-refractivity contribution >= 4 is 17.5 Å². The van der Waals surface area contributed by atoms with Crippen LogP contribution in [0.3, 0.4) is 0 Å². The molecule has 3 N–H and O–H groups in total. The van der Waals surface area contributed by atoms with Crippen molar-refractivity contribution in [1.82, 2.24) is 5.32 Å². The first kappa shape index (κ1) is 14.7. The Morgan fingerprint density at radius 3 is 2.41 bits per heavy atom. The monoisotopic (exact) mass is 314 g/mol. The first-order valence-electron chi connectivity index (χ1n) is 6.93. The molecule has 0 aromatic heterocycles. The van der Waals surface area contributed by atoms with Crippen LogP contribution in [-0.2, 0) is 0 Å². The average molecular weight is 314 g/mol. The Hall–Kier alpha value is -2.27. The Balaban J connectivity index is 1.85. The van der Waals surface area contributed by atoms with E-state index >= 15 is 0 Å². The lowest BCUT2D eigenvalue weighted by Crippen LogP contribution is -2.12. The minimum atomic E-state index is 0.0648. The molecule has 0 radical (unpaired) electrons. The Bertz CT molecular complexity index is 701. The van der Waals surface area contributed by atoms with Crippen LogP contribution < -0.4 is 20.5 Å². The summed E-state index contributed by atoms with van der Waals surface area (Å²) in [5.74, 6) is 1.44. The number of methoxy groups -OCH3 is 2. The summed E-state index contributed by atoms with van der Waals surface area (Å²) < 4.78 is 10.6. The second kappa shape index (κ2) is 6.23. The van der Waals surface area contributed by atoms with Crippen LogP contribution in [0.5, 0.6) is 11.5 Å². The van der Waals surface area contributed by atoms with Gasteiger partial charge in [0.2, 0.25) is 0 Å². The molecule has 1 unspecified atom stereocenters. The van der Waals surface area contributed by atoms with Gasteiger partial charge in [-0.05, 0) is 17.7 Å². The van der Waals surface area contributed by atoms with Gasteiger partial charge >= 0.3 is 0 Å². The van der Waals surface area contributed by atoms with Crippen LogP contribution in [0.2, 0.25) is 0 Å².